The number of aromatic amines is 1. The molecule has 1 unspecified atom stereocenters. The molecule has 0 saturated heterocycles. The van der Waals surface area contributed by atoms with Crippen LogP contribution in [0.4, 0.5) is 5.82 Å². The predicted molar refractivity (Wildman–Crippen MR) is 125 cm³/mol. The molecule has 0 spiro atoms. The molecule has 0 amide bonds. The minimum Gasteiger partial charge on any atom is -0.475 e. The highest BCUT2D eigenvalue weighted by Crippen LogP contribution is 2.34. The van der Waals surface area contributed by atoms with Crippen LogP contribution in [0.3, 0.4) is 0 Å². The summed E-state index contributed by atoms with van der Waals surface area (Å²) in [5.74, 6) is 0.281. The number of H-pyrrole nitrogens is 1. The average molecular weight is 441 g/mol. The lowest BCUT2D eigenvalue weighted by Gasteiger charge is -2.21. The number of aliphatic carboxylic acids is 1. The maximum absolute atomic E-state index is 11.5. The number of anilines is 1. The van der Waals surface area contributed by atoms with Crippen LogP contribution in [0.15, 0.2) is 59.6 Å². The SMILES string of the molecule is CCc1cc2c(n1Cc1ccc(-c3ccccc3-c3nn[nH]n3)cc1)NC(C(=O)O)=NC2C. The number of aryl methyl sites for hydroxylation is 1. The number of nitrogens with one attached hydrogen (secondary N) is 2. The van der Waals surface area contributed by atoms with Crippen LogP contribution in [0.1, 0.15) is 36.7 Å². The van der Waals surface area contributed by atoms with Crippen LogP contribution < -0.4 is 5.32 Å². The van der Waals surface area contributed by atoms with Crippen LogP contribution in [0, 0.1) is 0 Å². The van der Waals surface area contributed by atoms with Crippen molar-refractivity contribution in [1.29, 1.82) is 0 Å². The number of hydrogen-bond acceptors (Lipinski definition) is 6. The summed E-state index contributed by atoms with van der Waals surface area (Å²) in [7, 11) is 0. The van der Waals surface area contributed by atoms with E-state index in [1.807, 2.05) is 31.2 Å². The van der Waals surface area contributed by atoms with Crippen LogP contribution in [-0.2, 0) is 17.8 Å². The van der Waals surface area contributed by atoms with E-state index in [0.29, 0.717) is 12.4 Å². The molecular weight excluding hydrogens is 418 g/mol. The van der Waals surface area contributed by atoms with Gasteiger partial charge in [0.05, 0.1) is 6.04 Å². The van der Waals surface area contributed by atoms with Crippen molar-refractivity contribution in [2.75, 3.05) is 5.32 Å². The van der Waals surface area contributed by atoms with Crippen molar-refractivity contribution in [1.82, 2.24) is 25.2 Å². The van der Waals surface area contributed by atoms with E-state index in [1.54, 1.807) is 0 Å². The molecule has 1 aliphatic rings. The highest BCUT2D eigenvalue weighted by Gasteiger charge is 2.26. The Hall–Kier alpha value is -4.27. The van der Waals surface area contributed by atoms with Gasteiger partial charge in [0.2, 0.25) is 11.7 Å². The van der Waals surface area contributed by atoms with Crippen molar-refractivity contribution < 1.29 is 9.90 Å². The number of benzene rings is 2. The van der Waals surface area contributed by atoms with Gasteiger partial charge in [0, 0.05) is 23.4 Å². The summed E-state index contributed by atoms with van der Waals surface area (Å²) < 4.78 is 2.14. The normalized spacial score (nSPS) is 15.0. The van der Waals surface area contributed by atoms with Gasteiger partial charge in [0.15, 0.2) is 0 Å². The molecule has 0 saturated carbocycles. The number of carbonyl (C=O) groups is 1. The van der Waals surface area contributed by atoms with E-state index in [0.717, 1.165) is 45.7 Å². The Morgan fingerprint density at radius 1 is 1.12 bits per heavy atom. The highest BCUT2D eigenvalue weighted by atomic mass is 16.4. The molecular formula is C24H23N7O2. The number of aromatic nitrogens is 5. The molecule has 4 aromatic rings. The number of carboxylic acid groups (broad SMARTS) is 1. The van der Waals surface area contributed by atoms with Gasteiger partial charge in [-0.15, -0.1) is 10.2 Å². The predicted octanol–water partition coefficient (Wildman–Crippen LogP) is 3.92. The molecule has 0 fully saturated rings. The van der Waals surface area contributed by atoms with Crippen LogP contribution in [0.5, 0.6) is 0 Å². The van der Waals surface area contributed by atoms with Gasteiger partial charge in [-0.05, 0) is 41.3 Å². The summed E-state index contributed by atoms with van der Waals surface area (Å²) in [4.78, 5) is 15.8. The number of amidine groups is 1. The Balaban J connectivity index is 1.46. The van der Waals surface area contributed by atoms with Gasteiger partial charge in [-0.25, -0.2) is 4.79 Å². The lowest BCUT2D eigenvalue weighted by Crippen LogP contribution is -2.28. The lowest BCUT2D eigenvalue weighted by molar-refractivity contribution is -0.129. The first-order valence-corrected chi connectivity index (χ1v) is 10.8. The Morgan fingerprint density at radius 2 is 1.88 bits per heavy atom. The van der Waals surface area contributed by atoms with E-state index in [-0.39, 0.29) is 11.9 Å². The van der Waals surface area contributed by atoms with Crippen molar-refractivity contribution in [3.63, 3.8) is 0 Å². The van der Waals surface area contributed by atoms with Crippen molar-refractivity contribution in [2.24, 2.45) is 4.99 Å². The molecule has 2 aromatic carbocycles. The van der Waals surface area contributed by atoms with E-state index in [9.17, 15) is 9.90 Å². The minimum absolute atomic E-state index is 0.0228. The van der Waals surface area contributed by atoms with E-state index in [1.165, 1.54) is 0 Å². The first-order valence-electron chi connectivity index (χ1n) is 10.8. The third-order valence-electron chi connectivity index (χ3n) is 5.91. The number of carboxylic acids is 1. The summed E-state index contributed by atoms with van der Waals surface area (Å²) in [5.41, 5.74) is 6.24. The number of aliphatic imine (C=N–C) groups is 1. The number of nitrogens with zero attached hydrogens (tertiary/aromatic N) is 5. The van der Waals surface area contributed by atoms with Crippen molar-refractivity contribution >= 4 is 17.6 Å². The van der Waals surface area contributed by atoms with Gasteiger partial charge >= 0.3 is 5.97 Å². The Labute approximate surface area is 190 Å². The fourth-order valence-electron chi connectivity index (χ4n) is 4.25. The smallest absolute Gasteiger partial charge is 0.371 e. The molecule has 5 rings (SSSR count). The zero-order valence-electron chi connectivity index (χ0n) is 18.3. The summed E-state index contributed by atoms with van der Waals surface area (Å²) in [6.45, 7) is 4.64. The third kappa shape index (κ3) is 3.78. The number of fused-ring (bicyclic) bond motifs is 1. The summed E-state index contributed by atoms with van der Waals surface area (Å²) in [5, 5.41) is 26.9. The highest BCUT2D eigenvalue weighted by molar-refractivity contribution is 6.39. The summed E-state index contributed by atoms with van der Waals surface area (Å²) in [6, 6.07) is 18.2. The average Bonchev–Trinajstić information content (AvgIpc) is 3.48. The molecule has 3 heterocycles. The van der Waals surface area contributed by atoms with Gasteiger partial charge in [0.25, 0.3) is 0 Å². The Morgan fingerprint density at radius 3 is 2.55 bits per heavy atom. The molecule has 1 aliphatic heterocycles. The zero-order valence-corrected chi connectivity index (χ0v) is 18.3. The second-order valence-electron chi connectivity index (χ2n) is 7.94. The first-order chi connectivity index (χ1) is 16.0. The van der Waals surface area contributed by atoms with Crippen LogP contribution in [0.2, 0.25) is 0 Å². The van der Waals surface area contributed by atoms with E-state index >= 15 is 0 Å². The van der Waals surface area contributed by atoms with Gasteiger partial charge in [-0.1, -0.05) is 55.5 Å². The lowest BCUT2D eigenvalue weighted by atomic mass is 9.98. The molecule has 33 heavy (non-hydrogen) atoms. The summed E-state index contributed by atoms with van der Waals surface area (Å²) >= 11 is 0. The molecule has 0 bridgehead atoms. The molecule has 1 atom stereocenters. The van der Waals surface area contributed by atoms with Gasteiger partial charge in [-0.2, -0.15) is 5.21 Å². The molecule has 0 radical (unpaired) electrons. The number of hydrogen-bond donors (Lipinski definition) is 3. The second kappa shape index (κ2) is 8.34. The monoisotopic (exact) mass is 441 g/mol. The molecule has 3 N–H and O–H groups in total. The minimum atomic E-state index is -1.05. The topological polar surface area (TPSA) is 121 Å². The Kier molecular flexibility index (Phi) is 5.21. The van der Waals surface area contributed by atoms with Gasteiger partial charge < -0.3 is 15.0 Å². The van der Waals surface area contributed by atoms with E-state index < -0.39 is 5.97 Å². The first kappa shape index (κ1) is 20.6. The second-order valence-corrected chi connectivity index (χ2v) is 7.94. The van der Waals surface area contributed by atoms with Crippen LogP contribution in [0.25, 0.3) is 22.5 Å². The fraction of sp³-hybridized carbons (Fsp3) is 0.208. The van der Waals surface area contributed by atoms with E-state index in [4.69, 9.17) is 0 Å². The van der Waals surface area contributed by atoms with Crippen molar-refractivity contribution in [2.45, 2.75) is 32.9 Å². The molecule has 9 heteroatoms. The van der Waals surface area contributed by atoms with Crippen LogP contribution >= 0.6 is 0 Å². The third-order valence-corrected chi connectivity index (χ3v) is 5.91. The largest absolute Gasteiger partial charge is 0.475 e. The number of tetrazole rings is 1. The van der Waals surface area contributed by atoms with Gasteiger partial charge in [0.1, 0.15) is 5.82 Å². The molecule has 9 nitrogen and oxygen atoms in total. The van der Waals surface area contributed by atoms with Crippen molar-refractivity contribution in [3.8, 4) is 22.5 Å². The van der Waals surface area contributed by atoms with Gasteiger partial charge in [-0.3, -0.25) is 4.99 Å². The fourth-order valence-corrected chi connectivity index (χ4v) is 4.25. The van der Waals surface area contributed by atoms with E-state index in [2.05, 4.69) is 72.8 Å². The number of rotatable bonds is 6. The maximum atomic E-state index is 11.5. The molecule has 166 valence electrons. The van der Waals surface area contributed by atoms with Crippen LogP contribution in [-0.4, -0.2) is 42.1 Å². The molecule has 2 aromatic heterocycles. The Bertz CT molecular complexity index is 1340. The maximum Gasteiger partial charge on any atom is 0.371 e. The summed E-state index contributed by atoms with van der Waals surface area (Å²) in [6.07, 6.45) is 0.833. The zero-order chi connectivity index (χ0) is 22.9. The quantitative estimate of drug-likeness (QED) is 0.417. The standard InChI is InChI=1S/C24H23N7O2/c1-3-17-12-20-14(2)25-22(24(32)33)26-23(20)31(17)13-15-8-10-16(11-9-15)18-6-4-5-7-19(18)21-27-29-30-28-21/h4-12,14H,3,13H2,1-2H3,(H,25,26)(H,32,33)(H,27,28,29,30). The van der Waals surface area contributed by atoms with Crippen molar-refractivity contribution in [3.05, 3.63) is 71.4 Å². The molecule has 0 aliphatic carbocycles.